The molecule has 6 nitrogen and oxygen atoms in total. The van der Waals surface area contributed by atoms with Crippen molar-refractivity contribution in [3.05, 3.63) is 58.2 Å². The lowest BCUT2D eigenvalue weighted by molar-refractivity contribution is -0.384. The van der Waals surface area contributed by atoms with Gasteiger partial charge in [-0.15, -0.1) is 0 Å². The highest BCUT2D eigenvalue weighted by atomic mass is 16.6. The van der Waals surface area contributed by atoms with E-state index in [4.69, 9.17) is 0 Å². The highest BCUT2D eigenvalue weighted by molar-refractivity contribution is 5.89. The predicted octanol–water partition coefficient (Wildman–Crippen LogP) is 3.63. The molecule has 0 unspecified atom stereocenters. The van der Waals surface area contributed by atoms with E-state index in [-0.39, 0.29) is 23.7 Å². The molecule has 2 rings (SSSR count). The Kier molecular flexibility index (Phi) is 4.93. The molecule has 1 aliphatic carbocycles. The normalized spacial score (nSPS) is 14.6. The number of anilines is 1. The average Bonchev–Trinajstić information content (AvgIpc) is 2.99. The lowest BCUT2D eigenvalue weighted by Crippen LogP contribution is -2.42. The number of carbonyl (C=O) groups excluding carboxylic acids is 1. The second-order valence-corrected chi connectivity index (χ2v) is 5.50. The number of carbonyl (C=O) groups is 1. The predicted molar refractivity (Wildman–Crippen MR) is 85.7 cm³/mol. The molecule has 0 spiro atoms. The summed E-state index contributed by atoms with van der Waals surface area (Å²) in [5, 5.41) is 16.2. The van der Waals surface area contributed by atoms with Gasteiger partial charge in [0.25, 0.3) is 5.69 Å². The maximum absolute atomic E-state index is 12.1. The van der Waals surface area contributed by atoms with E-state index in [1.54, 1.807) is 0 Å². The van der Waals surface area contributed by atoms with Gasteiger partial charge < -0.3 is 10.6 Å². The molecule has 0 fully saturated rings. The number of nitro groups is 1. The minimum Gasteiger partial charge on any atom is -0.331 e. The summed E-state index contributed by atoms with van der Waals surface area (Å²) in [5.41, 5.74) is 1.69. The number of nitro benzene ring substituents is 1. The van der Waals surface area contributed by atoms with Crippen LogP contribution in [0.5, 0.6) is 0 Å². The standard InChI is InChI=1S/C16H19N3O3/c1-11(2)15(12-5-3-4-6-12)18-16(20)17-13-7-9-14(10-8-13)19(21)22/h3-5,7-11,15H,6H2,1-2H3,(H2,17,18,20)/t15-/m1/s1. The monoisotopic (exact) mass is 301 g/mol. The number of benzene rings is 1. The van der Waals surface area contributed by atoms with Crippen LogP contribution in [0, 0.1) is 16.0 Å². The highest BCUT2D eigenvalue weighted by Gasteiger charge is 2.21. The lowest BCUT2D eigenvalue weighted by atomic mass is 9.95. The van der Waals surface area contributed by atoms with Crippen LogP contribution in [0.1, 0.15) is 20.3 Å². The molecule has 0 aromatic heterocycles. The zero-order chi connectivity index (χ0) is 16.1. The number of nitrogens with zero attached hydrogens (tertiary/aromatic N) is 1. The second kappa shape index (κ2) is 6.89. The molecular weight excluding hydrogens is 282 g/mol. The third-order valence-electron chi connectivity index (χ3n) is 3.49. The highest BCUT2D eigenvalue weighted by Crippen LogP contribution is 2.21. The molecule has 6 heteroatoms. The van der Waals surface area contributed by atoms with E-state index in [9.17, 15) is 14.9 Å². The van der Waals surface area contributed by atoms with Gasteiger partial charge in [-0.3, -0.25) is 10.1 Å². The van der Waals surface area contributed by atoms with Crippen LogP contribution in [0.25, 0.3) is 0 Å². The van der Waals surface area contributed by atoms with Crippen molar-refractivity contribution < 1.29 is 9.72 Å². The van der Waals surface area contributed by atoms with Crippen molar-refractivity contribution in [3.63, 3.8) is 0 Å². The maximum Gasteiger partial charge on any atom is 0.319 e. The van der Waals surface area contributed by atoms with E-state index in [0.717, 1.165) is 6.42 Å². The van der Waals surface area contributed by atoms with Crippen LogP contribution in [0.3, 0.4) is 0 Å². The van der Waals surface area contributed by atoms with E-state index in [1.165, 1.54) is 29.8 Å². The SMILES string of the molecule is CC(C)[C@@H](NC(=O)Nc1ccc([N+](=O)[O-])cc1)C1=CC=CC1. The van der Waals surface area contributed by atoms with Gasteiger partial charge in [0.2, 0.25) is 0 Å². The topological polar surface area (TPSA) is 84.3 Å². The number of hydrogen-bond acceptors (Lipinski definition) is 3. The van der Waals surface area contributed by atoms with Crippen LogP contribution < -0.4 is 10.6 Å². The molecule has 1 atom stereocenters. The molecule has 0 bridgehead atoms. The van der Waals surface area contributed by atoms with Crippen molar-refractivity contribution in [2.75, 3.05) is 5.32 Å². The number of non-ortho nitro benzene ring substituents is 1. The molecule has 1 aromatic carbocycles. The Morgan fingerprint density at radius 2 is 1.95 bits per heavy atom. The number of urea groups is 1. The minimum absolute atomic E-state index is 0.00630. The summed E-state index contributed by atoms with van der Waals surface area (Å²) in [6.07, 6.45) is 6.92. The molecule has 2 N–H and O–H groups in total. The van der Waals surface area contributed by atoms with Gasteiger partial charge >= 0.3 is 6.03 Å². The summed E-state index contributed by atoms with van der Waals surface area (Å²) >= 11 is 0. The van der Waals surface area contributed by atoms with Crippen LogP contribution in [0.15, 0.2) is 48.1 Å². The summed E-state index contributed by atoms with van der Waals surface area (Å²) < 4.78 is 0. The van der Waals surface area contributed by atoms with Gasteiger partial charge in [-0.25, -0.2) is 4.79 Å². The molecule has 0 aliphatic heterocycles. The molecule has 0 saturated heterocycles. The quantitative estimate of drug-likeness (QED) is 0.643. The number of nitrogens with one attached hydrogen (secondary N) is 2. The van der Waals surface area contributed by atoms with E-state index in [2.05, 4.69) is 30.6 Å². The third-order valence-corrected chi connectivity index (χ3v) is 3.49. The third kappa shape index (κ3) is 3.94. The molecule has 0 heterocycles. The molecule has 0 radical (unpaired) electrons. The minimum atomic E-state index is -0.474. The van der Waals surface area contributed by atoms with E-state index >= 15 is 0 Å². The van der Waals surface area contributed by atoms with Gasteiger partial charge in [-0.1, -0.05) is 32.1 Å². The van der Waals surface area contributed by atoms with Gasteiger partial charge in [-0.05, 0) is 30.0 Å². The van der Waals surface area contributed by atoms with Crippen molar-refractivity contribution in [1.29, 1.82) is 0 Å². The smallest absolute Gasteiger partial charge is 0.319 e. The first-order valence-corrected chi connectivity index (χ1v) is 7.15. The number of allylic oxidation sites excluding steroid dienone is 3. The summed E-state index contributed by atoms with van der Waals surface area (Å²) in [6.45, 7) is 4.10. The molecule has 22 heavy (non-hydrogen) atoms. The first-order valence-electron chi connectivity index (χ1n) is 7.15. The number of amides is 2. The fourth-order valence-corrected chi connectivity index (χ4v) is 2.36. The van der Waals surface area contributed by atoms with E-state index in [1.807, 2.05) is 12.2 Å². The summed E-state index contributed by atoms with van der Waals surface area (Å²) in [5.74, 6) is 0.272. The molecule has 2 amide bonds. The van der Waals surface area contributed by atoms with Crippen LogP contribution in [0.2, 0.25) is 0 Å². The Labute approximate surface area is 129 Å². The first-order chi connectivity index (χ1) is 10.5. The zero-order valence-corrected chi connectivity index (χ0v) is 12.6. The Balaban J connectivity index is 1.97. The Hall–Kier alpha value is -2.63. The second-order valence-electron chi connectivity index (χ2n) is 5.50. The van der Waals surface area contributed by atoms with Crippen molar-refractivity contribution in [3.8, 4) is 0 Å². The van der Waals surface area contributed by atoms with Crippen LogP contribution in [-0.2, 0) is 0 Å². The van der Waals surface area contributed by atoms with Crippen LogP contribution in [-0.4, -0.2) is 17.0 Å². The van der Waals surface area contributed by atoms with Crippen molar-refractivity contribution in [2.45, 2.75) is 26.3 Å². The number of rotatable bonds is 5. The number of hydrogen-bond donors (Lipinski definition) is 2. The fourth-order valence-electron chi connectivity index (χ4n) is 2.36. The molecule has 0 saturated carbocycles. The Bertz CT molecular complexity index is 618. The Morgan fingerprint density at radius 3 is 2.45 bits per heavy atom. The average molecular weight is 301 g/mol. The maximum atomic E-state index is 12.1. The summed E-state index contributed by atoms with van der Waals surface area (Å²) in [7, 11) is 0. The largest absolute Gasteiger partial charge is 0.331 e. The lowest BCUT2D eigenvalue weighted by Gasteiger charge is -2.24. The Morgan fingerprint density at radius 1 is 1.27 bits per heavy atom. The fraction of sp³-hybridized carbons (Fsp3) is 0.312. The summed E-state index contributed by atoms with van der Waals surface area (Å²) in [4.78, 5) is 22.2. The van der Waals surface area contributed by atoms with Gasteiger partial charge in [-0.2, -0.15) is 0 Å². The van der Waals surface area contributed by atoms with Gasteiger partial charge in [0, 0.05) is 17.8 Å². The zero-order valence-electron chi connectivity index (χ0n) is 12.6. The summed E-state index contributed by atoms with van der Waals surface area (Å²) in [6, 6.07) is 5.39. The van der Waals surface area contributed by atoms with E-state index in [0.29, 0.717) is 5.69 Å². The molecular formula is C16H19N3O3. The van der Waals surface area contributed by atoms with Gasteiger partial charge in [0.05, 0.1) is 11.0 Å². The van der Waals surface area contributed by atoms with E-state index < -0.39 is 4.92 Å². The molecule has 116 valence electrons. The van der Waals surface area contributed by atoms with Crippen LogP contribution >= 0.6 is 0 Å². The van der Waals surface area contributed by atoms with Gasteiger partial charge in [0.1, 0.15) is 0 Å². The molecule has 1 aliphatic rings. The van der Waals surface area contributed by atoms with Crippen molar-refractivity contribution in [1.82, 2.24) is 5.32 Å². The molecule has 1 aromatic rings. The first kappa shape index (κ1) is 15.8. The van der Waals surface area contributed by atoms with Crippen LogP contribution in [0.4, 0.5) is 16.2 Å². The van der Waals surface area contributed by atoms with Gasteiger partial charge in [0.15, 0.2) is 0 Å². The van der Waals surface area contributed by atoms with Crippen molar-refractivity contribution >= 4 is 17.4 Å². The van der Waals surface area contributed by atoms with Crippen molar-refractivity contribution in [2.24, 2.45) is 5.92 Å².